The number of fused-ring (bicyclic) bond motifs is 1. The summed E-state index contributed by atoms with van der Waals surface area (Å²) in [6.45, 7) is 1.28. The second-order valence-electron chi connectivity index (χ2n) is 6.75. The zero-order valence-electron chi connectivity index (χ0n) is 15.8. The van der Waals surface area contributed by atoms with Crippen molar-refractivity contribution in [3.05, 3.63) is 58.6 Å². The summed E-state index contributed by atoms with van der Waals surface area (Å²) in [5, 5.41) is 3.43. The van der Waals surface area contributed by atoms with Crippen molar-refractivity contribution in [1.82, 2.24) is 5.32 Å². The fraction of sp³-hybridized carbons (Fsp3) is 0.333. The number of nitrogens with two attached hydrogens (primary N) is 1. The zero-order valence-corrected chi connectivity index (χ0v) is 16.5. The van der Waals surface area contributed by atoms with E-state index in [1.54, 1.807) is 30.1 Å². The summed E-state index contributed by atoms with van der Waals surface area (Å²) in [7, 11) is 1.77. The number of hydrogen-bond acceptors (Lipinski definition) is 4. The maximum atomic E-state index is 12.8. The molecule has 148 valence electrons. The first-order valence-electron chi connectivity index (χ1n) is 9.27. The fourth-order valence-electron chi connectivity index (χ4n) is 3.29. The van der Waals surface area contributed by atoms with Crippen molar-refractivity contribution >= 4 is 29.1 Å². The van der Waals surface area contributed by atoms with Crippen LogP contribution in [0.2, 0.25) is 5.02 Å². The standard InChI is InChI=1S/C21H24ClN3O3/c1-25-18-6-3-2-5-16(18)14(11-20(25)26)13-24-21(27)17-8-7-15(22)12-19(17)28-10-4-9-23/h2-3,5-8,12,14H,4,9-11,13,23H2,1H3,(H,24,27)/t14-/m0/s1. The second-order valence-corrected chi connectivity index (χ2v) is 7.19. The first-order valence-corrected chi connectivity index (χ1v) is 9.65. The van der Waals surface area contributed by atoms with Gasteiger partial charge in [0.1, 0.15) is 5.75 Å². The molecular weight excluding hydrogens is 378 g/mol. The van der Waals surface area contributed by atoms with Gasteiger partial charge < -0.3 is 20.7 Å². The lowest BCUT2D eigenvalue weighted by molar-refractivity contribution is -0.119. The normalized spacial score (nSPS) is 15.9. The van der Waals surface area contributed by atoms with Gasteiger partial charge in [0.25, 0.3) is 5.91 Å². The lowest BCUT2D eigenvalue weighted by atomic mass is 9.89. The molecule has 7 heteroatoms. The Kier molecular flexibility index (Phi) is 6.54. The van der Waals surface area contributed by atoms with E-state index in [0.717, 1.165) is 11.3 Å². The number of nitrogens with one attached hydrogen (secondary N) is 1. The number of nitrogens with zero attached hydrogens (tertiary/aromatic N) is 1. The summed E-state index contributed by atoms with van der Waals surface area (Å²) < 4.78 is 5.67. The molecule has 0 unspecified atom stereocenters. The minimum Gasteiger partial charge on any atom is -0.493 e. The molecule has 0 bridgehead atoms. The van der Waals surface area contributed by atoms with E-state index in [4.69, 9.17) is 22.1 Å². The molecule has 0 spiro atoms. The molecule has 1 heterocycles. The lowest BCUT2D eigenvalue weighted by Gasteiger charge is -2.31. The Balaban J connectivity index is 1.72. The highest BCUT2D eigenvalue weighted by Gasteiger charge is 2.29. The maximum Gasteiger partial charge on any atom is 0.255 e. The third-order valence-electron chi connectivity index (χ3n) is 4.84. The van der Waals surface area contributed by atoms with Crippen molar-refractivity contribution in [3.63, 3.8) is 0 Å². The third kappa shape index (κ3) is 4.46. The molecule has 0 aromatic heterocycles. The van der Waals surface area contributed by atoms with Crippen molar-refractivity contribution < 1.29 is 14.3 Å². The second kappa shape index (κ2) is 9.08. The number of ether oxygens (including phenoxy) is 1. The van der Waals surface area contributed by atoms with Crippen LogP contribution in [0.3, 0.4) is 0 Å². The quantitative estimate of drug-likeness (QED) is 0.698. The lowest BCUT2D eigenvalue weighted by Crippen LogP contribution is -2.37. The first kappa shape index (κ1) is 20.2. The number of benzene rings is 2. The summed E-state index contributed by atoms with van der Waals surface area (Å²) in [6, 6.07) is 12.7. The molecule has 2 aromatic rings. The van der Waals surface area contributed by atoms with Gasteiger partial charge in [-0.1, -0.05) is 29.8 Å². The summed E-state index contributed by atoms with van der Waals surface area (Å²) in [6.07, 6.45) is 1.04. The number of rotatable bonds is 7. The number of amides is 2. The summed E-state index contributed by atoms with van der Waals surface area (Å²) >= 11 is 6.04. The first-order chi connectivity index (χ1) is 13.5. The Bertz CT molecular complexity index is 872. The molecule has 0 fully saturated rings. The molecule has 0 aliphatic carbocycles. The Morgan fingerprint density at radius 3 is 2.89 bits per heavy atom. The molecule has 0 saturated carbocycles. The molecule has 3 rings (SSSR count). The highest BCUT2D eigenvalue weighted by molar-refractivity contribution is 6.30. The topological polar surface area (TPSA) is 84.7 Å². The summed E-state index contributed by atoms with van der Waals surface area (Å²) in [4.78, 5) is 26.7. The average Bonchev–Trinajstić information content (AvgIpc) is 2.70. The van der Waals surface area contributed by atoms with Gasteiger partial charge in [-0.3, -0.25) is 9.59 Å². The van der Waals surface area contributed by atoms with Gasteiger partial charge in [0.05, 0.1) is 12.2 Å². The molecule has 0 radical (unpaired) electrons. The number of para-hydroxylation sites is 1. The van der Waals surface area contributed by atoms with Gasteiger partial charge in [-0.15, -0.1) is 0 Å². The van der Waals surface area contributed by atoms with Gasteiger partial charge in [0, 0.05) is 36.6 Å². The van der Waals surface area contributed by atoms with E-state index in [2.05, 4.69) is 5.32 Å². The van der Waals surface area contributed by atoms with Crippen molar-refractivity contribution in [2.24, 2.45) is 5.73 Å². The van der Waals surface area contributed by atoms with E-state index in [-0.39, 0.29) is 17.7 Å². The van der Waals surface area contributed by atoms with Crippen LogP contribution in [0.15, 0.2) is 42.5 Å². The maximum absolute atomic E-state index is 12.8. The van der Waals surface area contributed by atoms with E-state index < -0.39 is 0 Å². The molecule has 6 nitrogen and oxygen atoms in total. The molecule has 2 amide bonds. The van der Waals surface area contributed by atoms with Crippen LogP contribution in [0.25, 0.3) is 0 Å². The molecule has 0 saturated heterocycles. The van der Waals surface area contributed by atoms with Gasteiger partial charge in [0.15, 0.2) is 0 Å². The Hall–Kier alpha value is -2.57. The molecule has 2 aromatic carbocycles. The van der Waals surface area contributed by atoms with Gasteiger partial charge >= 0.3 is 0 Å². The predicted molar refractivity (Wildman–Crippen MR) is 110 cm³/mol. The predicted octanol–water partition coefficient (Wildman–Crippen LogP) is 2.95. The van der Waals surface area contributed by atoms with Gasteiger partial charge in [-0.05, 0) is 42.8 Å². The largest absolute Gasteiger partial charge is 0.493 e. The van der Waals surface area contributed by atoms with E-state index >= 15 is 0 Å². The fourth-order valence-corrected chi connectivity index (χ4v) is 3.45. The van der Waals surface area contributed by atoms with Crippen LogP contribution in [0.5, 0.6) is 5.75 Å². The molecule has 3 N–H and O–H groups in total. The number of carbonyl (C=O) groups is 2. The van der Waals surface area contributed by atoms with E-state index in [1.807, 2.05) is 24.3 Å². The van der Waals surface area contributed by atoms with Gasteiger partial charge in [-0.25, -0.2) is 0 Å². The number of anilines is 1. The number of carbonyl (C=O) groups excluding carboxylic acids is 2. The van der Waals surface area contributed by atoms with Crippen molar-refractivity contribution in [3.8, 4) is 5.75 Å². The summed E-state index contributed by atoms with van der Waals surface area (Å²) in [5.41, 5.74) is 7.85. The van der Waals surface area contributed by atoms with Gasteiger partial charge in [-0.2, -0.15) is 0 Å². The van der Waals surface area contributed by atoms with Crippen LogP contribution in [0, 0.1) is 0 Å². The van der Waals surface area contributed by atoms with Crippen molar-refractivity contribution in [2.45, 2.75) is 18.8 Å². The molecule has 1 aliphatic rings. The number of hydrogen-bond donors (Lipinski definition) is 2. The molecule has 28 heavy (non-hydrogen) atoms. The zero-order chi connectivity index (χ0) is 20.1. The van der Waals surface area contributed by atoms with Crippen LogP contribution in [-0.2, 0) is 4.79 Å². The SMILES string of the molecule is CN1C(=O)C[C@@H](CNC(=O)c2ccc(Cl)cc2OCCCN)c2ccccc21. The van der Waals surface area contributed by atoms with Gasteiger partial charge in [0.2, 0.25) is 5.91 Å². The molecule has 1 aliphatic heterocycles. The monoisotopic (exact) mass is 401 g/mol. The Morgan fingerprint density at radius 2 is 2.11 bits per heavy atom. The van der Waals surface area contributed by atoms with Crippen molar-refractivity contribution in [2.75, 3.05) is 31.6 Å². The third-order valence-corrected chi connectivity index (χ3v) is 5.07. The van der Waals surface area contributed by atoms with Crippen LogP contribution < -0.4 is 20.7 Å². The number of halogens is 1. The summed E-state index contributed by atoms with van der Waals surface area (Å²) in [5.74, 6) is 0.134. The van der Waals surface area contributed by atoms with Crippen molar-refractivity contribution in [1.29, 1.82) is 0 Å². The van der Waals surface area contributed by atoms with Crippen LogP contribution >= 0.6 is 11.6 Å². The van der Waals surface area contributed by atoms with E-state index in [0.29, 0.717) is 48.9 Å². The van der Waals surface area contributed by atoms with Crippen LogP contribution in [0.4, 0.5) is 5.69 Å². The van der Waals surface area contributed by atoms with Crippen LogP contribution in [-0.4, -0.2) is 38.6 Å². The minimum absolute atomic E-state index is 0.0373. The van der Waals surface area contributed by atoms with E-state index in [1.165, 1.54) is 0 Å². The highest BCUT2D eigenvalue weighted by atomic mass is 35.5. The molecule has 1 atom stereocenters. The van der Waals surface area contributed by atoms with E-state index in [9.17, 15) is 9.59 Å². The average molecular weight is 402 g/mol. The Labute approximate surface area is 169 Å². The Morgan fingerprint density at radius 1 is 1.32 bits per heavy atom. The van der Waals surface area contributed by atoms with Crippen LogP contribution in [0.1, 0.15) is 34.7 Å². The smallest absolute Gasteiger partial charge is 0.255 e. The highest BCUT2D eigenvalue weighted by Crippen LogP contribution is 2.34. The molecular formula is C21H24ClN3O3. The minimum atomic E-state index is -0.261.